The van der Waals surface area contributed by atoms with Crippen LogP contribution in [0, 0.1) is 10.1 Å². The van der Waals surface area contributed by atoms with E-state index in [1.807, 2.05) is 25.1 Å². The largest absolute Gasteiger partial charge is 0.374 e. The van der Waals surface area contributed by atoms with Crippen molar-refractivity contribution < 1.29 is 9.66 Å². The first kappa shape index (κ1) is 23.8. The van der Waals surface area contributed by atoms with Gasteiger partial charge in [-0.2, -0.15) is 0 Å². The molecule has 0 heterocycles. The van der Waals surface area contributed by atoms with E-state index in [4.69, 9.17) is 4.74 Å². The van der Waals surface area contributed by atoms with Crippen LogP contribution in [0.1, 0.15) is 30.6 Å². The standard InChI is InChI=1S/C20H26N4O3.HI/c1-16(18-7-4-3-5-8-18)27-14-6-13-22-20(21-2)23-15-17-9-11-19(12-10-17)24(25)26;/h3-5,7-12,16H,6,13-15H2,1-2H3,(H2,21,22,23);1H. The molecule has 0 aliphatic carbocycles. The molecule has 2 rings (SSSR count). The molecular weight excluding hydrogens is 471 g/mol. The van der Waals surface area contributed by atoms with Gasteiger partial charge in [0.15, 0.2) is 5.96 Å². The minimum absolute atomic E-state index is 0. The Bertz CT molecular complexity index is 739. The van der Waals surface area contributed by atoms with Gasteiger partial charge < -0.3 is 15.4 Å². The van der Waals surface area contributed by atoms with E-state index >= 15 is 0 Å². The summed E-state index contributed by atoms with van der Waals surface area (Å²) in [5.74, 6) is 0.685. The lowest BCUT2D eigenvalue weighted by atomic mass is 10.1. The van der Waals surface area contributed by atoms with Gasteiger partial charge in [-0.1, -0.05) is 42.5 Å². The van der Waals surface area contributed by atoms with Crippen LogP contribution in [0.2, 0.25) is 0 Å². The maximum atomic E-state index is 10.7. The lowest BCUT2D eigenvalue weighted by Gasteiger charge is -2.15. The second-order valence-corrected chi connectivity index (χ2v) is 6.05. The number of aliphatic imine (C=N–C) groups is 1. The summed E-state index contributed by atoms with van der Waals surface area (Å²) < 4.78 is 5.85. The topological polar surface area (TPSA) is 88.8 Å². The van der Waals surface area contributed by atoms with Gasteiger partial charge >= 0.3 is 0 Å². The van der Waals surface area contributed by atoms with Gasteiger partial charge in [-0.05, 0) is 24.5 Å². The fourth-order valence-electron chi connectivity index (χ4n) is 2.50. The quantitative estimate of drug-likeness (QED) is 0.136. The van der Waals surface area contributed by atoms with Crippen LogP contribution in [0.5, 0.6) is 0 Å². The second kappa shape index (κ2) is 13.1. The number of hydrogen-bond acceptors (Lipinski definition) is 4. The van der Waals surface area contributed by atoms with Crippen LogP contribution in [0.3, 0.4) is 0 Å². The van der Waals surface area contributed by atoms with Crippen LogP contribution in [-0.2, 0) is 11.3 Å². The first-order valence-electron chi connectivity index (χ1n) is 8.94. The van der Waals surface area contributed by atoms with Crippen LogP contribution in [0.25, 0.3) is 0 Å². The number of hydrogen-bond donors (Lipinski definition) is 2. The summed E-state index contributed by atoms with van der Waals surface area (Å²) in [4.78, 5) is 14.4. The van der Waals surface area contributed by atoms with Crippen molar-refractivity contribution in [1.29, 1.82) is 0 Å². The van der Waals surface area contributed by atoms with E-state index in [-0.39, 0.29) is 35.8 Å². The van der Waals surface area contributed by atoms with E-state index < -0.39 is 4.92 Å². The van der Waals surface area contributed by atoms with Gasteiger partial charge in [-0.3, -0.25) is 15.1 Å². The van der Waals surface area contributed by atoms with Crippen molar-refractivity contribution in [2.75, 3.05) is 20.2 Å². The number of nitro benzene ring substituents is 1. The fourth-order valence-corrected chi connectivity index (χ4v) is 2.50. The van der Waals surface area contributed by atoms with Crippen molar-refractivity contribution in [3.05, 3.63) is 75.8 Å². The van der Waals surface area contributed by atoms with Gasteiger partial charge in [0.25, 0.3) is 5.69 Å². The molecule has 0 radical (unpaired) electrons. The highest BCUT2D eigenvalue weighted by atomic mass is 127. The van der Waals surface area contributed by atoms with Crippen molar-refractivity contribution in [2.45, 2.75) is 26.0 Å². The Hall–Kier alpha value is -2.20. The summed E-state index contributed by atoms with van der Waals surface area (Å²) in [7, 11) is 1.71. The number of benzene rings is 2. The molecular formula is C20H27IN4O3. The van der Waals surface area contributed by atoms with Gasteiger partial charge in [0.1, 0.15) is 0 Å². The number of nitrogens with one attached hydrogen (secondary N) is 2. The molecule has 0 fully saturated rings. The molecule has 0 aromatic heterocycles. The summed E-state index contributed by atoms with van der Waals surface area (Å²) in [6.45, 7) is 3.98. The molecule has 2 N–H and O–H groups in total. The van der Waals surface area contributed by atoms with Crippen LogP contribution >= 0.6 is 24.0 Å². The molecule has 28 heavy (non-hydrogen) atoms. The van der Waals surface area contributed by atoms with Gasteiger partial charge in [0.2, 0.25) is 0 Å². The number of nitrogens with zero attached hydrogens (tertiary/aromatic N) is 2. The Labute approximate surface area is 182 Å². The smallest absolute Gasteiger partial charge is 0.269 e. The first-order chi connectivity index (χ1) is 13.1. The number of nitro groups is 1. The number of non-ortho nitro benzene ring substituents is 1. The predicted octanol–water partition coefficient (Wildman–Crippen LogP) is 4.05. The van der Waals surface area contributed by atoms with Crippen LogP contribution < -0.4 is 10.6 Å². The lowest BCUT2D eigenvalue weighted by Crippen LogP contribution is -2.37. The minimum Gasteiger partial charge on any atom is -0.374 e. The van der Waals surface area contributed by atoms with Crippen LogP contribution in [0.4, 0.5) is 5.69 Å². The highest BCUT2D eigenvalue weighted by Crippen LogP contribution is 2.15. The Morgan fingerprint density at radius 3 is 2.43 bits per heavy atom. The van der Waals surface area contributed by atoms with Crippen molar-refractivity contribution in [3.63, 3.8) is 0 Å². The third kappa shape index (κ3) is 8.22. The van der Waals surface area contributed by atoms with Crippen molar-refractivity contribution in [3.8, 4) is 0 Å². The maximum absolute atomic E-state index is 10.7. The molecule has 7 nitrogen and oxygen atoms in total. The van der Waals surface area contributed by atoms with Gasteiger partial charge in [0.05, 0.1) is 11.0 Å². The monoisotopic (exact) mass is 498 g/mol. The predicted molar refractivity (Wildman–Crippen MR) is 122 cm³/mol. The zero-order valence-corrected chi connectivity index (χ0v) is 18.5. The molecule has 0 saturated carbocycles. The third-order valence-electron chi connectivity index (χ3n) is 4.08. The first-order valence-corrected chi connectivity index (χ1v) is 8.94. The molecule has 1 unspecified atom stereocenters. The van der Waals surface area contributed by atoms with Crippen molar-refractivity contribution in [1.82, 2.24) is 10.6 Å². The van der Waals surface area contributed by atoms with Gasteiger partial charge in [-0.15, -0.1) is 24.0 Å². The number of ether oxygens (including phenoxy) is 1. The average Bonchev–Trinajstić information content (AvgIpc) is 2.70. The lowest BCUT2D eigenvalue weighted by molar-refractivity contribution is -0.384. The molecule has 0 bridgehead atoms. The highest BCUT2D eigenvalue weighted by molar-refractivity contribution is 14.0. The van der Waals surface area contributed by atoms with E-state index in [1.165, 1.54) is 17.7 Å². The summed E-state index contributed by atoms with van der Waals surface area (Å²) in [6.07, 6.45) is 0.931. The Morgan fingerprint density at radius 1 is 1.14 bits per heavy atom. The van der Waals surface area contributed by atoms with Gasteiger partial charge in [-0.25, -0.2) is 0 Å². The van der Waals surface area contributed by atoms with E-state index in [1.54, 1.807) is 19.2 Å². The van der Waals surface area contributed by atoms with E-state index in [0.717, 1.165) is 18.5 Å². The van der Waals surface area contributed by atoms with Crippen LogP contribution in [-0.4, -0.2) is 31.1 Å². The van der Waals surface area contributed by atoms with Gasteiger partial charge in [0, 0.05) is 38.9 Å². The highest BCUT2D eigenvalue weighted by Gasteiger charge is 2.06. The summed E-state index contributed by atoms with van der Waals surface area (Å²) in [5, 5.41) is 17.1. The van der Waals surface area contributed by atoms with E-state index in [9.17, 15) is 10.1 Å². The zero-order valence-electron chi connectivity index (χ0n) is 16.1. The molecule has 1 atom stereocenters. The number of rotatable bonds is 9. The van der Waals surface area contributed by atoms with E-state index in [2.05, 4.69) is 27.8 Å². The molecule has 152 valence electrons. The Balaban J connectivity index is 0.00000392. The van der Waals surface area contributed by atoms with Crippen molar-refractivity contribution >= 4 is 35.6 Å². The molecule has 0 aliphatic heterocycles. The molecule has 0 saturated heterocycles. The average molecular weight is 498 g/mol. The molecule has 8 heteroatoms. The number of halogens is 1. The SMILES string of the molecule is CN=C(NCCCOC(C)c1ccccc1)NCc1ccc([N+](=O)[O-])cc1.I. The molecule has 0 spiro atoms. The zero-order chi connectivity index (χ0) is 19.5. The summed E-state index contributed by atoms with van der Waals surface area (Å²) in [5.41, 5.74) is 2.21. The minimum atomic E-state index is -0.404. The summed E-state index contributed by atoms with van der Waals surface area (Å²) >= 11 is 0. The molecule has 2 aromatic carbocycles. The fraction of sp³-hybridized carbons (Fsp3) is 0.350. The molecule has 0 aliphatic rings. The Morgan fingerprint density at radius 2 is 1.82 bits per heavy atom. The van der Waals surface area contributed by atoms with E-state index in [0.29, 0.717) is 19.1 Å². The van der Waals surface area contributed by atoms with Crippen LogP contribution in [0.15, 0.2) is 59.6 Å². The third-order valence-corrected chi connectivity index (χ3v) is 4.08. The number of guanidine groups is 1. The maximum Gasteiger partial charge on any atom is 0.269 e. The molecule has 2 aromatic rings. The Kier molecular flexibility index (Phi) is 11.1. The van der Waals surface area contributed by atoms with Crippen molar-refractivity contribution in [2.24, 2.45) is 4.99 Å². The summed E-state index contributed by atoms with van der Waals surface area (Å²) in [6, 6.07) is 16.6. The second-order valence-electron chi connectivity index (χ2n) is 6.05. The normalized spacial score (nSPS) is 12.0. The molecule has 0 amide bonds.